The van der Waals surface area contributed by atoms with Crippen LogP contribution in [0.25, 0.3) is 0 Å². The van der Waals surface area contributed by atoms with E-state index >= 15 is 0 Å². The summed E-state index contributed by atoms with van der Waals surface area (Å²) in [6.45, 7) is 0.838. The summed E-state index contributed by atoms with van der Waals surface area (Å²) in [5.41, 5.74) is 6.93. The Labute approximate surface area is 108 Å². The molecule has 4 nitrogen and oxygen atoms in total. The topological polar surface area (TPSA) is 55.6 Å². The monoisotopic (exact) mass is 248 g/mol. The van der Waals surface area contributed by atoms with Gasteiger partial charge in [-0.1, -0.05) is 6.42 Å². The molecule has 1 aliphatic rings. The molecule has 0 radical (unpaired) electrons. The van der Waals surface area contributed by atoms with Gasteiger partial charge in [-0.05, 0) is 37.0 Å². The minimum Gasteiger partial charge on any atom is -0.495 e. The number of amides is 1. The van der Waals surface area contributed by atoms with Gasteiger partial charge in [0, 0.05) is 19.2 Å². The van der Waals surface area contributed by atoms with Crippen LogP contribution in [0.4, 0.5) is 5.69 Å². The summed E-state index contributed by atoms with van der Waals surface area (Å²) in [4.78, 5) is 14.0. The van der Waals surface area contributed by atoms with Crippen molar-refractivity contribution in [2.75, 3.05) is 26.4 Å². The van der Waals surface area contributed by atoms with Gasteiger partial charge in [-0.2, -0.15) is 0 Å². The van der Waals surface area contributed by atoms with Gasteiger partial charge in [0.1, 0.15) is 5.75 Å². The fraction of sp³-hybridized carbons (Fsp3) is 0.500. The lowest BCUT2D eigenvalue weighted by Gasteiger charge is -2.30. The van der Waals surface area contributed by atoms with Gasteiger partial charge < -0.3 is 15.4 Å². The highest BCUT2D eigenvalue weighted by molar-refractivity contribution is 5.95. The van der Waals surface area contributed by atoms with Crippen LogP contribution in [0.2, 0.25) is 0 Å². The van der Waals surface area contributed by atoms with E-state index in [2.05, 4.69) is 0 Å². The van der Waals surface area contributed by atoms with Gasteiger partial charge in [-0.15, -0.1) is 0 Å². The van der Waals surface area contributed by atoms with E-state index in [4.69, 9.17) is 10.5 Å². The van der Waals surface area contributed by atoms with Crippen molar-refractivity contribution in [1.82, 2.24) is 4.90 Å². The van der Waals surface area contributed by atoms with Crippen molar-refractivity contribution in [3.05, 3.63) is 23.8 Å². The molecule has 1 fully saturated rings. The van der Waals surface area contributed by atoms with Gasteiger partial charge in [0.15, 0.2) is 0 Å². The molecule has 2 N–H and O–H groups in total. The van der Waals surface area contributed by atoms with Crippen LogP contribution in [-0.2, 0) is 0 Å². The van der Waals surface area contributed by atoms with Gasteiger partial charge in [0.25, 0.3) is 5.91 Å². The van der Waals surface area contributed by atoms with E-state index in [1.165, 1.54) is 19.3 Å². The Morgan fingerprint density at radius 1 is 1.50 bits per heavy atom. The van der Waals surface area contributed by atoms with E-state index in [9.17, 15) is 4.79 Å². The second-order valence-electron chi connectivity index (χ2n) is 4.94. The molecule has 18 heavy (non-hydrogen) atoms. The molecule has 1 amide bonds. The Kier molecular flexibility index (Phi) is 3.75. The number of hydrogen-bond acceptors (Lipinski definition) is 3. The van der Waals surface area contributed by atoms with Crippen LogP contribution in [0.3, 0.4) is 0 Å². The maximum atomic E-state index is 12.2. The molecule has 0 aliphatic heterocycles. The first kappa shape index (κ1) is 12.7. The molecule has 0 bridgehead atoms. The van der Waals surface area contributed by atoms with Crippen LogP contribution in [0.1, 0.15) is 29.6 Å². The number of rotatable bonds is 4. The van der Waals surface area contributed by atoms with E-state index in [0.29, 0.717) is 22.9 Å². The number of carbonyl (C=O) groups excluding carboxylic acids is 1. The van der Waals surface area contributed by atoms with E-state index < -0.39 is 0 Å². The fourth-order valence-corrected chi connectivity index (χ4v) is 2.23. The standard InChI is InChI=1S/C14H20N2O2/c1-16(9-10-4-3-5-10)14(17)11-6-7-13(18-2)12(15)8-11/h6-8,10H,3-5,9,15H2,1-2H3. The van der Waals surface area contributed by atoms with Crippen LogP contribution in [0.15, 0.2) is 18.2 Å². The third-order valence-corrected chi connectivity index (χ3v) is 3.58. The number of benzene rings is 1. The van der Waals surface area contributed by atoms with Crippen molar-refractivity contribution in [3.63, 3.8) is 0 Å². The Morgan fingerprint density at radius 2 is 2.22 bits per heavy atom. The molecule has 0 aromatic heterocycles. The van der Waals surface area contributed by atoms with E-state index in [-0.39, 0.29) is 5.91 Å². The normalized spacial score (nSPS) is 15.0. The van der Waals surface area contributed by atoms with Crippen LogP contribution in [0, 0.1) is 5.92 Å². The summed E-state index contributed by atoms with van der Waals surface area (Å²) >= 11 is 0. The Hall–Kier alpha value is -1.71. The van der Waals surface area contributed by atoms with Crippen LogP contribution < -0.4 is 10.5 Å². The van der Waals surface area contributed by atoms with Crippen LogP contribution >= 0.6 is 0 Å². The van der Waals surface area contributed by atoms with Gasteiger partial charge in [0.05, 0.1) is 12.8 Å². The molecular weight excluding hydrogens is 228 g/mol. The lowest BCUT2D eigenvalue weighted by atomic mass is 9.85. The third kappa shape index (κ3) is 2.58. The average molecular weight is 248 g/mol. The highest BCUT2D eigenvalue weighted by atomic mass is 16.5. The van der Waals surface area contributed by atoms with Crippen molar-refractivity contribution in [2.24, 2.45) is 5.92 Å². The minimum atomic E-state index is 0.0243. The molecule has 1 saturated carbocycles. The second-order valence-corrected chi connectivity index (χ2v) is 4.94. The minimum absolute atomic E-state index is 0.0243. The van der Waals surface area contributed by atoms with E-state index in [1.54, 1.807) is 30.2 Å². The number of nitrogens with two attached hydrogens (primary N) is 1. The summed E-state index contributed by atoms with van der Waals surface area (Å²) in [5.74, 6) is 1.30. The largest absolute Gasteiger partial charge is 0.495 e. The molecule has 0 spiro atoms. The Morgan fingerprint density at radius 3 is 2.72 bits per heavy atom. The summed E-state index contributed by atoms with van der Waals surface area (Å²) in [6, 6.07) is 5.17. The van der Waals surface area contributed by atoms with Crippen LogP contribution in [-0.4, -0.2) is 31.5 Å². The van der Waals surface area contributed by atoms with E-state index in [1.807, 2.05) is 7.05 Å². The molecular formula is C14H20N2O2. The zero-order valence-corrected chi connectivity index (χ0v) is 11.0. The maximum Gasteiger partial charge on any atom is 0.253 e. The average Bonchev–Trinajstić information content (AvgIpc) is 2.32. The predicted octanol–water partition coefficient (Wildman–Crippen LogP) is 2.15. The molecule has 0 unspecified atom stereocenters. The highest BCUT2D eigenvalue weighted by Crippen LogP contribution is 2.27. The first-order valence-electron chi connectivity index (χ1n) is 6.30. The van der Waals surface area contributed by atoms with Gasteiger partial charge >= 0.3 is 0 Å². The summed E-state index contributed by atoms with van der Waals surface area (Å²) in [5, 5.41) is 0. The van der Waals surface area contributed by atoms with Crippen molar-refractivity contribution >= 4 is 11.6 Å². The number of hydrogen-bond donors (Lipinski definition) is 1. The molecule has 0 saturated heterocycles. The molecule has 4 heteroatoms. The Balaban J connectivity index is 2.05. The molecule has 1 aromatic rings. The van der Waals surface area contributed by atoms with Crippen molar-refractivity contribution in [1.29, 1.82) is 0 Å². The molecule has 2 rings (SSSR count). The fourth-order valence-electron chi connectivity index (χ4n) is 2.23. The molecule has 1 aliphatic carbocycles. The maximum absolute atomic E-state index is 12.2. The zero-order valence-electron chi connectivity index (χ0n) is 11.0. The number of ether oxygens (including phenoxy) is 1. The smallest absolute Gasteiger partial charge is 0.253 e. The van der Waals surface area contributed by atoms with Gasteiger partial charge in [-0.3, -0.25) is 4.79 Å². The van der Waals surface area contributed by atoms with E-state index in [0.717, 1.165) is 6.54 Å². The Bertz CT molecular complexity index is 441. The summed E-state index contributed by atoms with van der Waals surface area (Å²) in [7, 11) is 3.41. The molecule has 98 valence electrons. The highest BCUT2D eigenvalue weighted by Gasteiger charge is 2.22. The second kappa shape index (κ2) is 5.29. The summed E-state index contributed by atoms with van der Waals surface area (Å²) < 4.78 is 5.08. The zero-order chi connectivity index (χ0) is 13.1. The molecule has 0 heterocycles. The SMILES string of the molecule is COc1ccc(C(=O)N(C)CC2CCC2)cc1N. The van der Waals surface area contributed by atoms with Crippen molar-refractivity contribution < 1.29 is 9.53 Å². The third-order valence-electron chi connectivity index (χ3n) is 3.58. The predicted molar refractivity (Wildman–Crippen MR) is 71.7 cm³/mol. The first-order valence-corrected chi connectivity index (χ1v) is 6.30. The van der Waals surface area contributed by atoms with Crippen molar-refractivity contribution in [2.45, 2.75) is 19.3 Å². The number of anilines is 1. The first-order chi connectivity index (χ1) is 8.61. The summed E-state index contributed by atoms with van der Waals surface area (Å²) in [6.07, 6.45) is 3.77. The molecule has 1 aromatic carbocycles. The van der Waals surface area contributed by atoms with Gasteiger partial charge in [-0.25, -0.2) is 0 Å². The molecule has 0 atom stereocenters. The van der Waals surface area contributed by atoms with Crippen molar-refractivity contribution in [3.8, 4) is 5.75 Å². The lowest BCUT2D eigenvalue weighted by molar-refractivity contribution is 0.0745. The van der Waals surface area contributed by atoms with Gasteiger partial charge in [0.2, 0.25) is 0 Å². The number of nitrogens with zero attached hydrogens (tertiary/aromatic N) is 1. The quantitative estimate of drug-likeness (QED) is 0.831. The van der Waals surface area contributed by atoms with Crippen LogP contribution in [0.5, 0.6) is 5.75 Å². The number of methoxy groups -OCH3 is 1. The lowest BCUT2D eigenvalue weighted by Crippen LogP contribution is -2.34. The number of nitrogen functional groups attached to an aromatic ring is 1. The number of carbonyl (C=O) groups is 1.